The van der Waals surface area contributed by atoms with Gasteiger partial charge in [-0.05, 0) is 25.1 Å². The normalized spacial score (nSPS) is 10.8. The van der Waals surface area contributed by atoms with Gasteiger partial charge in [0.1, 0.15) is 5.65 Å². The smallest absolute Gasteiger partial charge is 0.258 e. The van der Waals surface area contributed by atoms with Gasteiger partial charge in [0.2, 0.25) is 0 Å². The molecule has 4 heteroatoms. The number of hydrogen-bond acceptors (Lipinski definition) is 3. The third-order valence-electron chi connectivity index (χ3n) is 2.34. The lowest BCUT2D eigenvalue weighted by Crippen LogP contribution is -2.17. The van der Waals surface area contributed by atoms with E-state index in [2.05, 4.69) is 4.98 Å². The highest BCUT2D eigenvalue weighted by atomic mass is 16.1. The Labute approximate surface area is 87.4 Å². The van der Waals surface area contributed by atoms with Crippen LogP contribution in [0.4, 0.5) is 0 Å². The Morgan fingerprint density at radius 1 is 1.53 bits per heavy atom. The van der Waals surface area contributed by atoms with Gasteiger partial charge in [-0.25, -0.2) is 4.98 Å². The monoisotopic (exact) mass is 203 g/mol. The molecule has 0 spiro atoms. The van der Waals surface area contributed by atoms with Crippen LogP contribution in [-0.4, -0.2) is 15.9 Å². The lowest BCUT2D eigenvalue weighted by molar-refractivity contribution is 0.898. The number of nitrogens with two attached hydrogens (primary N) is 1. The van der Waals surface area contributed by atoms with Crippen LogP contribution >= 0.6 is 0 Å². The van der Waals surface area contributed by atoms with Crippen LogP contribution in [0, 0.1) is 6.92 Å². The Morgan fingerprint density at radius 3 is 3.07 bits per heavy atom. The summed E-state index contributed by atoms with van der Waals surface area (Å²) in [5.74, 6) is 0. The van der Waals surface area contributed by atoms with Crippen LogP contribution < -0.4 is 11.3 Å². The highest BCUT2D eigenvalue weighted by Gasteiger charge is 2.03. The van der Waals surface area contributed by atoms with Crippen molar-refractivity contribution in [2.75, 3.05) is 6.54 Å². The molecule has 0 amide bonds. The average Bonchev–Trinajstić information content (AvgIpc) is 2.20. The molecule has 0 saturated carbocycles. The summed E-state index contributed by atoms with van der Waals surface area (Å²) < 4.78 is 1.55. The van der Waals surface area contributed by atoms with Crippen molar-refractivity contribution in [1.29, 1.82) is 0 Å². The first-order valence-corrected chi connectivity index (χ1v) is 4.90. The Balaban J connectivity index is 2.74. The molecule has 0 bridgehead atoms. The van der Waals surface area contributed by atoms with Gasteiger partial charge < -0.3 is 5.73 Å². The molecule has 2 aromatic heterocycles. The van der Waals surface area contributed by atoms with Gasteiger partial charge >= 0.3 is 0 Å². The molecule has 0 atom stereocenters. The van der Waals surface area contributed by atoms with Crippen LogP contribution in [0.15, 0.2) is 29.2 Å². The van der Waals surface area contributed by atoms with Crippen molar-refractivity contribution in [2.45, 2.75) is 13.3 Å². The Kier molecular flexibility index (Phi) is 2.51. The van der Waals surface area contributed by atoms with Crippen molar-refractivity contribution in [3.05, 3.63) is 46.0 Å². The van der Waals surface area contributed by atoms with Gasteiger partial charge in [-0.15, -0.1) is 0 Å². The molecule has 0 fully saturated rings. The fourth-order valence-corrected chi connectivity index (χ4v) is 1.58. The first kappa shape index (κ1) is 9.86. The van der Waals surface area contributed by atoms with Crippen molar-refractivity contribution in [3.63, 3.8) is 0 Å². The van der Waals surface area contributed by atoms with Crippen LogP contribution in [0.25, 0.3) is 5.65 Å². The van der Waals surface area contributed by atoms with Crippen LogP contribution in [0.2, 0.25) is 0 Å². The Bertz CT molecular complexity index is 545. The van der Waals surface area contributed by atoms with Gasteiger partial charge in [0.25, 0.3) is 5.56 Å². The fraction of sp³-hybridized carbons (Fsp3) is 0.273. The molecule has 0 aliphatic rings. The van der Waals surface area contributed by atoms with E-state index in [1.165, 1.54) is 0 Å². The standard InChI is InChI=1S/C11H13N3O/c1-8-3-2-6-14-10(15)7-9(4-5-12)13-11(8)14/h2-3,6-7H,4-5,12H2,1H3. The summed E-state index contributed by atoms with van der Waals surface area (Å²) in [5, 5.41) is 0. The van der Waals surface area contributed by atoms with E-state index < -0.39 is 0 Å². The van der Waals surface area contributed by atoms with E-state index in [-0.39, 0.29) is 5.56 Å². The molecule has 0 unspecified atom stereocenters. The summed E-state index contributed by atoms with van der Waals surface area (Å²) in [4.78, 5) is 16.1. The minimum Gasteiger partial charge on any atom is -0.330 e. The van der Waals surface area contributed by atoms with E-state index in [0.29, 0.717) is 18.6 Å². The molecule has 4 nitrogen and oxygen atoms in total. The van der Waals surface area contributed by atoms with Crippen LogP contribution in [0.5, 0.6) is 0 Å². The van der Waals surface area contributed by atoms with Crippen molar-refractivity contribution in [3.8, 4) is 0 Å². The molecular formula is C11H13N3O. The maximum absolute atomic E-state index is 11.7. The predicted molar refractivity (Wildman–Crippen MR) is 59.0 cm³/mol. The van der Waals surface area contributed by atoms with Crippen LogP contribution in [-0.2, 0) is 6.42 Å². The van der Waals surface area contributed by atoms with Gasteiger partial charge in [0.05, 0.1) is 0 Å². The van der Waals surface area contributed by atoms with Crippen molar-refractivity contribution in [2.24, 2.45) is 5.73 Å². The lowest BCUT2D eigenvalue weighted by Gasteiger charge is -2.04. The second kappa shape index (κ2) is 3.82. The zero-order valence-electron chi connectivity index (χ0n) is 8.60. The third-order valence-corrected chi connectivity index (χ3v) is 2.34. The predicted octanol–water partition coefficient (Wildman–Crippen LogP) is 0.504. The first-order valence-electron chi connectivity index (χ1n) is 4.90. The van der Waals surface area contributed by atoms with E-state index >= 15 is 0 Å². The topological polar surface area (TPSA) is 60.4 Å². The molecule has 0 saturated heterocycles. The minimum absolute atomic E-state index is 0.0489. The third kappa shape index (κ3) is 1.76. The van der Waals surface area contributed by atoms with E-state index in [9.17, 15) is 4.79 Å². The lowest BCUT2D eigenvalue weighted by atomic mass is 10.2. The summed E-state index contributed by atoms with van der Waals surface area (Å²) >= 11 is 0. The summed E-state index contributed by atoms with van der Waals surface area (Å²) in [6, 6.07) is 5.32. The largest absolute Gasteiger partial charge is 0.330 e. The first-order chi connectivity index (χ1) is 7.22. The molecule has 0 aliphatic carbocycles. The molecule has 78 valence electrons. The maximum atomic E-state index is 11.7. The van der Waals surface area contributed by atoms with E-state index in [0.717, 1.165) is 11.3 Å². The van der Waals surface area contributed by atoms with Gasteiger partial charge in [-0.2, -0.15) is 0 Å². The molecule has 2 N–H and O–H groups in total. The van der Waals surface area contributed by atoms with Crippen molar-refractivity contribution >= 4 is 5.65 Å². The highest BCUT2D eigenvalue weighted by molar-refractivity contribution is 5.46. The second-order valence-corrected chi connectivity index (χ2v) is 3.51. The average molecular weight is 203 g/mol. The molecule has 2 rings (SSSR count). The SMILES string of the molecule is Cc1cccn2c(=O)cc(CCN)nc12. The highest BCUT2D eigenvalue weighted by Crippen LogP contribution is 2.05. The Morgan fingerprint density at radius 2 is 2.33 bits per heavy atom. The molecule has 2 heterocycles. The Hall–Kier alpha value is -1.68. The van der Waals surface area contributed by atoms with Gasteiger partial charge in [0.15, 0.2) is 0 Å². The van der Waals surface area contributed by atoms with E-state index in [1.807, 2.05) is 19.1 Å². The molecular weight excluding hydrogens is 190 g/mol. The van der Waals surface area contributed by atoms with Gasteiger partial charge in [0, 0.05) is 24.4 Å². The molecule has 0 aliphatic heterocycles. The number of rotatable bonds is 2. The summed E-state index contributed by atoms with van der Waals surface area (Å²) in [7, 11) is 0. The number of pyridine rings is 1. The quantitative estimate of drug-likeness (QED) is 0.773. The van der Waals surface area contributed by atoms with Crippen molar-refractivity contribution < 1.29 is 0 Å². The summed E-state index contributed by atoms with van der Waals surface area (Å²) in [6.45, 7) is 2.45. The molecule has 2 aromatic rings. The molecule has 15 heavy (non-hydrogen) atoms. The zero-order valence-corrected chi connectivity index (χ0v) is 8.60. The van der Waals surface area contributed by atoms with Gasteiger partial charge in [-0.3, -0.25) is 9.20 Å². The zero-order chi connectivity index (χ0) is 10.8. The number of hydrogen-bond donors (Lipinski definition) is 1. The maximum Gasteiger partial charge on any atom is 0.258 e. The number of aryl methyl sites for hydroxylation is 1. The van der Waals surface area contributed by atoms with Crippen molar-refractivity contribution in [1.82, 2.24) is 9.38 Å². The molecule has 0 aromatic carbocycles. The minimum atomic E-state index is -0.0489. The fourth-order valence-electron chi connectivity index (χ4n) is 1.58. The number of aromatic nitrogens is 2. The molecule has 0 radical (unpaired) electrons. The van der Waals surface area contributed by atoms with E-state index in [1.54, 1.807) is 16.7 Å². The summed E-state index contributed by atoms with van der Waals surface area (Å²) in [5.41, 5.74) is 7.87. The van der Waals surface area contributed by atoms with Crippen LogP contribution in [0.1, 0.15) is 11.3 Å². The number of fused-ring (bicyclic) bond motifs is 1. The number of nitrogens with zero attached hydrogens (tertiary/aromatic N) is 2. The van der Waals surface area contributed by atoms with Crippen LogP contribution in [0.3, 0.4) is 0 Å². The second-order valence-electron chi connectivity index (χ2n) is 3.51. The van der Waals surface area contributed by atoms with E-state index in [4.69, 9.17) is 5.73 Å². The van der Waals surface area contributed by atoms with Gasteiger partial charge in [-0.1, -0.05) is 6.07 Å². The summed E-state index contributed by atoms with van der Waals surface area (Å²) in [6.07, 6.45) is 2.37.